The quantitative estimate of drug-likeness (QED) is 0.558. The number of carbonyl (C=O) groups is 1. The normalized spacial score (nSPS) is 20.6. The lowest BCUT2D eigenvalue weighted by Crippen LogP contribution is -2.41. The van der Waals surface area contributed by atoms with E-state index < -0.39 is 0 Å². The molecule has 1 saturated heterocycles. The molecule has 0 spiro atoms. The number of aromatic nitrogens is 3. The van der Waals surface area contributed by atoms with Crippen LogP contribution in [0.1, 0.15) is 43.3 Å². The fraction of sp³-hybridized carbons (Fsp3) is 0.478. The fourth-order valence-electron chi connectivity index (χ4n) is 4.46. The van der Waals surface area contributed by atoms with Gasteiger partial charge in [-0.15, -0.1) is 0 Å². The maximum absolute atomic E-state index is 12.5. The van der Waals surface area contributed by atoms with Crippen molar-refractivity contribution in [1.29, 1.82) is 0 Å². The first kappa shape index (κ1) is 22.6. The summed E-state index contributed by atoms with van der Waals surface area (Å²) in [5.41, 5.74) is 1.67. The molecule has 34 heavy (non-hydrogen) atoms. The monoisotopic (exact) mass is 484 g/mol. The Morgan fingerprint density at radius 3 is 2.85 bits per heavy atom. The fourth-order valence-corrected chi connectivity index (χ4v) is 5.50. The number of thiazole rings is 1. The summed E-state index contributed by atoms with van der Waals surface area (Å²) in [4.78, 5) is 29.4. The zero-order valence-corrected chi connectivity index (χ0v) is 20.2. The molecular weight excluding hydrogens is 456 g/mol. The smallest absolute Gasteiger partial charge is 0.321 e. The number of oxazole rings is 1. The maximum Gasteiger partial charge on any atom is 0.321 e. The number of methoxy groups -OCH3 is 1. The van der Waals surface area contributed by atoms with Crippen molar-refractivity contribution in [1.82, 2.24) is 20.3 Å². The van der Waals surface area contributed by atoms with Crippen molar-refractivity contribution in [3.05, 3.63) is 35.0 Å². The summed E-state index contributed by atoms with van der Waals surface area (Å²) < 4.78 is 16.7. The molecule has 0 aliphatic carbocycles. The van der Waals surface area contributed by atoms with Crippen LogP contribution < -0.4 is 20.3 Å². The van der Waals surface area contributed by atoms with Crippen molar-refractivity contribution >= 4 is 28.5 Å². The third kappa shape index (κ3) is 4.58. The highest BCUT2D eigenvalue weighted by Crippen LogP contribution is 2.41. The Bertz CT molecular complexity index is 1160. The van der Waals surface area contributed by atoms with Gasteiger partial charge in [-0.05, 0) is 32.8 Å². The molecule has 5 rings (SSSR count). The van der Waals surface area contributed by atoms with Crippen LogP contribution in [0.15, 0.2) is 28.8 Å². The maximum atomic E-state index is 12.5. The molecule has 180 valence electrons. The Morgan fingerprint density at radius 1 is 1.24 bits per heavy atom. The van der Waals surface area contributed by atoms with Crippen molar-refractivity contribution in [2.45, 2.75) is 51.2 Å². The van der Waals surface area contributed by atoms with Crippen molar-refractivity contribution in [3.8, 4) is 17.3 Å². The van der Waals surface area contributed by atoms with Gasteiger partial charge < -0.3 is 24.1 Å². The molecule has 0 bridgehead atoms. The van der Waals surface area contributed by atoms with Crippen LogP contribution in [0.25, 0.3) is 11.5 Å². The number of ether oxygens (including phenoxy) is 2. The van der Waals surface area contributed by atoms with Gasteiger partial charge in [-0.1, -0.05) is 17.4 Å². The lowest BCUT2D eigenvalue weighted by molar-refractivity contribution is 0.0806. The molecule has 3 aromatic rings. The molecule has 2 amide bonds. The van der Waals surface area contributed by atoms with Crippen molar-refractivity contribution in [3.63, 3.8) is 0 Å². The van der Waals surface area contributed by atoms with Gasteiger partial charge in [0.05, 0.1) is 29.9 Å². The van der Waals surface area contributed by atoms with Crippen molar-refractivity contribution < 1.29 is 18.7 Å². The number of hydrogen-bond acceptors (Lipinski definition) is 9. The molecule has 5 heterocycles. The van der Waals surface area contributed by atoms with Gasteiger partial charge in [-0.2, -0.15) is 0 Å². The van der Waals surface area contributed by atoms with E-state index in [1.807, 2.05) is 12.1 Å². The molecule has 1 fully saturated rings. The Labute approximate surface area is 201 Å². The first-order chi connectivity index (χ1) is 16.5. The summed E-state index contributed by atoms with van der Waals surface area (Å²) in [6.07, 6.45) is 4.07. The first-order valence-electron chi connectivity index (χ1n) is 11.4. The van der Waals surface area contributed by atoms with Crippen LogP contribution in [0.3, 0.4) is 0 Å². The molecule has 2 N–H and O–H groups in total. The number of rotatable bonds is 5. The SMILES string of the molecule is COc1cccc(-c2cnc(N3[C@H](C)Cc4nc(NC(=O)NC5CCOCC5)sc4[C@@H]3C)o2)n1. The number of amides is 2. The number of nitrogens with zero attached hydrogens (tertiary/aromatic N) is 4. The van der Waals surface area contributed by atoms with E-state index in [9.17, 15) is 4.79 Å². The molecular formula is C23H28N6O4S. The van der Waals surface area contributed by atoms with Gasteiger partial charge in [0.2, 0.25) is 5.88 Å². The topological polar surface area (TPSA) is 115 Å². The highest BCUT2D eigenvalue weighted by molar-refractivity contribution is 7.16. The standard InChI is InChI=1S/C23H28N6O4S/c1-13-11-17-20(34-22(27-17)28-21(30)25-15-7-9-32-10-8-15)14(2)29(13)23-24-12-18(33-23)16-5-4-6-19(26-16)31-3/h4-6,12-15H,7-11H2,1-3H3,(H2,25,27,28,30)/t13-,14+/m1/s1. The molecule has 0 radical (unpaired) electrons. The second-order valence-corrected chi connectivity index (χ2v) is 9.55. The predicted octanol–water partition coefficient (Wildman–Crippen LogP) is 4.01. The highest BCUT2D eigenvalue weighted by atomic mass is 32.1. The summed E-state index contributed by atoms with van der Waals surface area (Å²) in [6, 6.07) is 6.08. The lowest BCUT2D eigenvalue weighted by Gasteiger charge is -2.36. The molecule has 3 aromatic heterocycles. The molecule has 0 unspecified atom stereocenters. The van der Waals surface area contributed by atoms with Gasteiger partial charge >= 0.3 is 6.03 Å². The number of carbonyl (C=O) groups excluding carboxylic acids is 1. The van der Waals surface area contributed by atoms with Crippen LogP contribution in [-0.2, 0) is 11.2 Å². The van der Waals surface area contributed by atoms with Crippen LogP contribution in [0.4, 0.5) is 15.9 Å². The average Bonchev–Trinajstić information content (AvgIpc) is 3.47. The Balaban J connectivity index is 1.31. The van der Waals surface area contributed by atoms with Gasteiger partial charge in [-0.3, -0.25) is 5.32 Å². The van der Waals surface area contributed by atoms with E-state index in [1.54, 1.807) is 19.4 Å². The zero-order chi connectivity index (χ0) is 23.7. The highest BCUT2D eigenvalue weighted by Gasteiger charge is 2.35. The minimum Gasteiger partial charge on any atom is -0.481 e. The summed E-state index contributed by atoms with van der Waals surface area (Å²) in [5.74, 6) is 1.10. The van der Waals surface area contributed by atoms with Crippen molar-refractivity contribution in [2.24, 2.45) is 0 Å². The summed E-state index contributed by atoms with van der Waals surface area (Å²) in [5, 5.41) is 6.53. The zero-order valence-electron chi connectivity index (χ0n) is 19.4. The molecule has 2 aliphatic rings. The van der Waals surface area contributed by atoms with Crippen LogP contribution in [-0.4, -0.2) is 53.4 Å². The number of fused-ring (bicyclic) bond motifs is 1. The van der Waals surface area contributed by atoms with E-state index in [2.05, 4.69) is 39.3 Å². The second kappa shape index (κ2) is 9.59. The average molecular weight is 485 g/mol. The van der Waals surface area contributed by atoms with Crippen LogP contribution in [0.2, 0.25) is 0 Å². The van der Waals surface area contributed by atoms with Gasteiger partial charge in [0.15, 0.2) is 10.9 Å². The van der Waals surface area contributed by atoms with E-state index in [-0.39, 0.29) is 24.2 Å². The Morgan fingerprint density at radius 2 is 2.06 bits per heavy atom. The second-order valence-electron chi connectivity index (χ2n) is 8.52. The van der Waals surface area contributed by atoms with E-state index in [1.165, 1.54) is 11.3 Å². The van der Waals surface area contributed by atoms with E-state index in [0.29, 0.717) is 41.7 Å². The first-order valence-corrected chi connectivity index (χ1v) is 12.2. The molecule has 2 atom stereocenters. The molecule has 0 aromatic carbocycles. The lowest BCUT2D eigenvalue weighted by atomic mass is 10.0. The number of pyridine rings is 1. The predicted molar refractivity (Wildman–Crippen MR) is 128 cm³/mol. The molecule has 2 aliphatic heterocycles. The van der Waals surface area contributed by atoms with Crippen LogP contribution in [0, 0.1) is 0 Å². The van der Waals surface area contributed by atoms with E-state index in [0.717, 1.165) is 29.8 Å². The van der Waals surface area contributed by atoms with Crippen LogP contribution >= 0.6 is 11.3 Å². The van der Waals surface area contributed by atoms with Gasteiger partial charge in [-0.25, -0.2) is 19.7 Å². The summed E-state index contributed by atoms with van der Waals surface area (Å²) in [6.45, 7) is 5.58. The summed E-state index contributed by atoms with van der Waals surface area (Å²) >= 11 is 1.49. The number of hydrogen-bond donors (Lipinski definition) is 2. The van der Waals surface area contributed by atoms with Gasteiger partial charge in [0.25, 0.3) is 6.01 Å². The Kier molecular flexibility index (Phi) is 6.38. The number of nitrogens with one attached hydrogen (secondary N) is 2. The minimum absolute atomic E-state index is 0.00452. The van der Waals surface area contributed by atoms with E-state index >= 15 is 0 Å². The largest absolute Gasteiger partial charge is 0.481 e. The van der Waals surface area contributed by atoms with Gasteiger partial charge in [0.1, 0.15) is 5.69 Å². The van der Waals surface area contributed by atoms with Gasteiger partial charge in [0, 0.05) is 37.8 Å². The number of anilines is 2. The van der Waals surface area contributed by atoms with Crippen LogP contribution in [0.5, 0.6) is 5.88 Å². The summed E-state index contributed by atoms with van der Waals surface area (Å²) in [7, 11) is 1.58. The Hall–Kier alpha value is -3.18. The molecule has 11 heteroatoms. The minimum atomic E-state index is -0.223. The molecule has 10 nitrogen and oxygen atoms in total. The van der Waals surface area contributed by atoms with Crippen molar-refractivity contribution in [2.75, 3.05) is 30.5 Å². The molecule has 0 saturated carbocycles. The number of urea groups is 1. The third-order valence-electron chi connectivity index (χ3n) is 6.16. The van der Waals surface area contributed by atoms with E-state index in [4.69, 9.17) is 18.9 Å². The third-order valence-corrected chi connectivity index (χ3v) is 7.35.